The van der Waals surface area contributed by atoms with Gasteiger partial charge in [-0.05, 0) is 67.0 Å². The zero-order valence-corrected chi connectivity index (χ0v) is 21.1. The molecule has 6 nitrogen and oxygen atoms in total. The standard InChI is InChI=1S/C25H29F4N3O3S/c1-4-16-5-7-17(8-6-16)23-19(10-12-22(31-23)25(27,28)29)14-30-24(33)15(2)18-9-11-21(20(26)13-18)32-36(3,34)35/h7,9-13,15-16,32H,4-6,8,14H2,1-3H3,(H,30,33). The van der Waals surface area contributed by atoms with E-state index in [4.69, 9.17) is 0 Å². The number of carbonyl (C=O) groups excluding carboxylic acids is 1. The van der Waals surface area contributed by atoms with Crippen LogP contribution in [-0.2, 0) is 27.5 Å². The van der Waals surface area contributed by atoms with E-state index in [1.807, 2.05) is 6.08 Å². The van der Waals surface area contributed by atoms with Crippen LogP contribution in [0.15, 0.2) is 36.4 Å². The summed E-state index contributed by atoms with van der Waals surface area (Å²) in [6.07, 6.45) is 1.47. The van der Waals surface area contributed by atoms with Crippen molar-refractivity contribution in [2.75, 3.05) is 11.0 Å². The fourth-order valence-electron chi connectivity index (χ4n) is 4.11. The van der Waals surface area contributed by atoms with Gasteiger partial charge in [0.15, 0.2) is 0 Å². The van der Waals surface area contributed by atoms with Crippen LogP contribution in [-0.4, -0.2) is 25.6 Å². The predicted molar refractivity (Wildman–Crippen MR) is 130 cm³/mol. The zero-order valence-electron chi connectivity index (χ0n) is 20.2. The summed E-state index contributed by atoms with van der Waals surface area (Å²) in [5.41, 5.74) is 0.519. The molecule has 2 N–H and O–H groups in total. The van der Waals surface area contributed by atoms with Crippen LogP contribution in [0.1, 0.15) is 68.0 Å². The van der Waals surface area contributed by atoms with Crippen LogP contribution in [0.5, 0.6) is 0 Å². The van der Waals surface area contributed by atoms with E-state index in [1.165, 1.54) is 18.2 Å². The van der Waals surface area contributed by atoms with Crippen LogP contribution in [0, 0.1) is 11.7 Å². The minimum atomic E-state index is -4.59. The van der Waals surface area contributed by atoms with Gasteiger partial charge in [-0.15, -0.1) is 0 Å². The highest BCUT2D eigenvalue weighted by molar-refractivity contribution is 7.92. The molecule has 0 spiro atoms. The van der Waals surface area contributed by atoms with Crippen molar-refractivity contribution in [1.82, 2.24) is 10.3 Å². The van der Waals surface area contributed by atoms with Gasteiger partial charge in [-0.2, -0.15) is 13.2 Å². The molecule has 1 aromatic heterocycles. The van der Waals surface area contributed by atoms with Crippen molar-refractivity contribution in [3.63, 3.8) is 0 Å². The van der Waals surface area contributed by atoms with E-state index in [0.717, 1.165) is 43.2 Å². The summed E-state index contributed by atoms with van der Waals surface area (Å²) in [5.74, 6) is -1.60. The van der Waals surface area contributed by atoms with Crippen molar-refractivity contribution in [1.29, 1.82) is 0 Å². The number of rotatable bonds is 8. The second-order valence-electron chi connectivity index (χ2n) is 9.03. The molecule has 0 fully saturated rings. The lowest BCUT2D eigenvalue weighted by molar-refractivity contribution is -0.141. The van der Waals surface area contributed by atoms with E-state index in [2.05, 4.69) is 21.9 Å². The Hall–Kier alpha value is -2.95. The number of aromatic nitrogens is 1. The van der Waals surface area contributed by atoms with E-state index in [0.29, 0.717) is 23.5 Å². The predicted octanol–water partition coefficient (Wildman–Crippen LogP) is 5.62. The number of benzene rings is 1. The minimum Gasteiger partial charge on any atom is -0.351 e. The zero-order chi connectivity index (χ0) is 26.7. The molecule has 0 aliphatic heterocycles. The van der Waals surface area contributed by atoms with Gasteiger partial charge in [0.25, 0.3) is 0 Å². The van der Waals surface area contributed by atoms with Crippen LogP contribution >= 0.6 is 0 Å². The molecule has 2 aromatic rings. The molecule has 2 atom stereocenters. The summed E-state index contributed by atoms with van der Waals surface area (Å²) in [6.45, 7) is 3.58. The maximum atomic E-state index is 14.3. The van der Waals surface area contributed by atoms with Gasteiger partial charge >= 0.3 is 6.18 Å². The number of nitrogens with zero attached hydrogens (tertiary/aromatic N) is 1. The number of sulfonamides is 1. The minimum absolute atomic E-state index is 0.0472. The summed E-state index contributed by atoms with van der Waals surface area (Å²) in [7, 11) is -3.67. The SMILES string of the molecule is CCC1CC=C(c2nc(C(F)(F)F)ccc2CNC(=O)C(C)c2ccc(NS(C)(=O)=O)c(F)c2)CC1. The number of alkyl halides is 3. The van der Waals surface area contributed by atoms with Crippen molar-refractivity contribution in [2.24, 2.45) is 5.92 Å². The van der Waals surface area contributed by atoms with Gasteiger partial charge in [0.05, 0.1) is 23.6 Å². The molecule has 3 rings (SSSR count). The molecule has 1 aliphatic carbocycles. The first-order valence-corrected chi connectivity index (χ1v) is 13.5. The monoisotopic (exact) mass is 527 g/mol. The van der Waals surface area contributed by atoms with E-state index in [9.17, 15) is 30.8 Å². The normalized spacial score (nSPS) is 17.3. The van der Waals surface area contributed by atoms with Gasteiger partial charge in [0, 0.05) is 6.54 Å². The lowest BCUT2D eigenvalue weighted by Crippen LogP contribution is -2.28. The molecule has 1 aliphatic rings. The Kier molecular flexibility index (Phi) is 8.43. The van der Waals surface area contributed by atoms with E-state index < -0.39 is 39.5 Å². The van der Waals surface area contributed by atoms with Crippen molar-refractivity contribution in [3.05, 3.63) is 64.7 Å². The molecular formula is C25H29F4N3O3S. The van der Waals surface area contributed by atoms with Crippen LogP contribution in [0.3, 0.4) is 0 Å². The summed E-state index contributed by atoms with van der Waals surface area (Å²) < 4.78 is 79.0. The Morgan fingerprint density at radius 3 is 2.50 bits per heavy atom. The fourth-order valence-corrected chi connectivity index (χ4v) is 4.68. The molecule has 0 saturated carbocycles. The number of hydrogen-bond donors (Lipinski definition) is 2. The molecule has 1 heterocycles. The molecule has 196 valence electrons. The number of amides is 1. The van der Waals surface area contributed by atoms with Crippen molar-refractivity contribution in [2.45, 2.75) is 58.2 Å². The van der Waals surface area contributed by atoms with Gasteiger partial charge < -0.3 is 5.32 Å². The highest BCUT2D eigenvalue weighted by atomic mass is 32.2. The van der Waals surface area contributed by atoms with Gasteiger partial charge in [0.1, 0.15) is 11.5 Å². The summed E-state index contributed by atoms with van der Waals surface area (Å²) in [5, 5.41) is 2.71. The number of allylic oxidation sites excluding steroid dienone is 2. The van der Waals surface area contributed by atoms with Crippen LogP contribution in [0.2, 0.25) is 0 Å². The van der Waals surface area contributed by atoms with Gasteiger partial charge in [0.2, 0.25) is 15.9 Å². The van der Waals surface area contributed by atoms with Crippen molar-refractivity contribution in [3.8, 4) is 0 Å². The third-order valence-corrected chi connectivity index (χ3v) is 6.90. The second-order valence-corrected chi connectivity index (χ2v) is 10.8. The second kappa shape index (κ2) is 11.0. The number of pyridine rings is 1. The van der Waals surface area contributed by atoms with Gasteiger partial charge in [-0.1, -0.05) is 31.6 Å². The Balaban J connectivity index is 1.78. The largest absolute Gasteiger partial charge is 0.433 e. The number of carbonyl (C=O) groups is 1. The van der Waals surface area contributed by atoms with Crippen LogP contribution in [0.25, 0.3) is 5.57 Å². The first-order chi connectivity index (χ1) is 16.8. The molecule has 0 bridgehead atoms. The first kappa shape index (κ1) is 27.6. The lowest BCUT2D eigenvalue weighted by atomic mass is 9.85. The summed E-state index contributed by atoms with van der Waals surface area (Å²) in [6, 6.07) is 5.96. The Morgan fingerprint density at radius 1 is 1.22 bits per heavy atom. The fraction of sp³-hybridized carbons (Fsp3) is 0.440. The number of anilines is 1. The van der Waals surface area contributed by atoms with E-state index in [1.54, 1.807) is 6.92 Å². The first-order valence-electron chi connectivity index (χ1n) is 11.6. The average molecular weight is 528 g/mol. The average Bonchev–Trinajstić information content (AvgIpc) is 2.82. The van der Waals surface area contributed by atoms with E-state index in [-0.39, 0.29) is 17.9 Å². The topological polar surface area (TPSA) is 88.2 Å². The number of hydrogen-bond acceptors (Lipinski definition) is 4. The van der Waals surface area contributed by atoms with Crippen molar-refractivity contribution >= 4 is 27.2 Å². The number of halogens is 4. The molecule has 2 unspecified atom stereocenters. The molecule has 36 heavy (non-hydrogen) atoms. The van der Waals surface area contributed by atoms with Gasteiger partial charge in [-0.3, -0.25) is 9.52 Å². The molecule has 1 amide bonds. The molecule has 11 heteroatoms. The molecule has 0 radical (unpaired) electrons. The molecule has 1 aromatic carbocycles. The Labute approximate surface area is 208 Å². The van der Waals surface area contributed by atoms with E-state index >= 15 is 0 Å². The van der Waals surface area contributed by atoms with Crippen LogP contribution < -0.4 is 10.0 Å². The molecule has 0 saturated heterocycles. The third kappa shape index (κ3) is 7.05. The maximum absolute atomic E-state index is 14.3. The summed E-state index contributed by atoms with van der Waals surface area (Å²) in [4.78, 5) is 16.7. The molecular weight excluding hydrogens is 498 g/mol. The maximum Gasteiger partial charge on any atom is 0.433 e. The summed E-state index contributed by atoms with van der Waals surface area (Å²) >= 11 is 0. The number of nitrogens with one attached hydrogen (secondary N) is 2. The smallest absolute Gasteiger partial charge is 0.351 e. The lowest BCUT2D eigenvalue weighted by Gasteiger charge is -2.23. The van der Waals surface area contributed by atoms with Gasteiger partial charge in [-0.25, -0.2) is 17.8 Å². The highest BCUT2D eigenvalue weighted by Gasteiger charge is 2.33. The quantitative estimate of drug-likeness (QED) is 0.436. The van der Waals surface area contributed by atoms with Crippen LogP contribution in [0.4, 0.5) is 23.2 Å². The highest BCUT2D eigenvalue weighted by Crippen LogP contribution is 2.35. The Bertz CT molecular complexity index is 1260. The Morgan fingerprint density at radius 2 is 1.94 bits per heavy atom. The third-order valence-electron chi connectivity index (χ3n) is 6.31. The van der Waals surface area contributed by atoms with Crippen molar-refractivity contribution < 1.29 is 30.8 Å².